The van der Waals surface area contributed by atoms with Crippen LogP contribution in [0, 0.1) is 17.2 Å². The van der Waals surface area contributed by atoms with Crippen LogP contribution in [0.2, 0.25) is 5.02 Å². The molecule has 1 aromatic carbocycles. The van der Waals surface area contributed by atoms with Gasteiger partial charge in [-0.2, -0.15) is 5.26 Å². The predicted molar refractivity (Wildman–Crippen MR) is 94.2 cm³/mol. The minimum atomic E-state index is 0.338. The smallest absolute Gasteiger partial charge is 0.142 e. The second-order valence-electron chi connectivity index (χ2n) is 6.19. The molecular weight excluding hydrogens is 306 g/mol. The lowest BCUT2D eigenvalue weighted by Gasteiger charge is -2.27. The number of nitriles is 1. The van der Waals surface area contributed by atoms with Gasteiger partial charge in [-0.15, -0.1) is 0 Å². The lowest BCUT2D eigenvalue weighted by Crippen LogP contribution is -2.18. The summed E-state index contributed by atoms with van der Waals surface area (Å²) in [4.78, 5) is 4.51. The van der Waals surface area contributed by atoms with Gasteiger partial charge in [0.05, 0.1) is 0 Å². The van der Waals surface area contributed by atoms with Gasteiger partial charge >= 0.3 is 0 Å². The van der Waals surface area contributed by atoms with Crippen LogP contribution >= 0.6 is 11.6 Å². The average molecular weight is 326 g/mol. The summed E-state index contributed by atoms with van der Waals surface area (Å²) in [5.41, 5.74) is 10.7. The van der Waals surface area contributed by atoms with Crippen molar-refractivity contribution in [2.24, 2.45) is 5.92 Å². The van der Waals surface area contributed by atoms with Crippen LogP contribution in [-0.4, -0.2) is 4.98 Å². The third kappa shape index (κ3) is 3.04. The quantitative estimate of drug-likeness (QED) is 0.884. The van der Waals surface area contributed by atoms with Gasteiger partial charge in [-0.05, 0) is 48.4 Å². The molecule has 23 heavy (non-hydrogen) atoms. The molecule has 1 heterocycles. The molecule has 3 nitrogen and oxygen atoms in total. The zero-order valence-corrected chi connectivity index (χ0v) is 14.0. The number of nitrogen functional groups attached to an aromatic ring is 1. The van der Waals surface area contributed by atoms with Crippen molar-refractivity contribution in [1.29, 1.82) is 5.26 Å². The molecule has 0 bridgehead atoms. The molecule has 1 atom stereocenters. The zero-order chi connectivity index (χ0) is 16.4. The van der Waals surface area contributed by atoms with E-state index in [-0.39, 0.29) is 0 Å². The van der Waals surface area contributed by atoms with E-state index in [0.29, 0.717) is 22.3 Å². The molecule has 3 rings (SSSR count). The molecule has 4 heteroatoms. The first-order valence-electron chi connectivity index (χ1n) is 8.11. The second-order valence-corrected chi connectivity index (χ2v) is 6.62. The molecule has 0 aliphatic heterocycles. The third-order valence-corrected chi connectivity index (χ3v) is 4.89. The van der Waals surface area contributed by atoms with Gasteiger partial charge in [-0.3, -0.25) is 0 Å². The number of hydrogen-bond acceptors (Lipinski definition) is 3. The number of hydrogen-bond donors (Lipinski definition) is 1. The molecule has 2 aromatic rings. The first-order valence-corrected chi connectivity index (χ1v) is 8.49. The number of benzene rings is 1. The Morgan fingerprint density at radius 1 is 1.35 bits per heavy atom. The summed E-state index contributed by atoms with van der Waals surface area (Å²) in [5.74, 6) is 1.00. The molecule has 1 aliphatic rings. The van der Waals surface area contributed by atoms with Crippen LogP contribution < -0.4 is 5.73 Å². The molecule has 1 aromatic heterocycles. The molecule has 0 saturated heterocycles. The highest BCUT2D eigenvalue weighted by Crippen LogP contribution is 2.38. The summed E-state index contributed by atoms with van der Waals surface area (Å²) in [6.45, 7) is 2.22. The second kappa shape index (κ2) is 6.60. The van der Waals surface area contributed by atoms with Crippen LogP contribution in [-0.2, 0) is 12.8 Å². The third-order valence-electron chi connectivity index (χ3n) is 4.64. The van der Waals surface area contributed by atoms with Crippen LogP contribution in [0.25, 0.3) is 11.1 Å². The maximum atomic E-state index is 9.59. The Bertz CT molecular complexity index is 760. The first kappa shape index (κ1) is 15.8. The lowest BCUT2D eigenvalue weighted by molar-refractivity contribution is 0.419. The number of aryl methyl sites for hydroxylation is 1. The van der Waals surface area contributed by atoms with Crippen molar-refractivity contribution in [1.82, 2.24) is 4.98 Å². The van der Waals surface area contributed by atoms with Crippen LogP contribution in [0.5, 0.6) is 0 Å². The van der Waals surface area contributed by atoms with Crippen molar-refractivity contribution in [2.45, 2.75) is 39.0 Å². The number of nitrogens with zero attached hydrogens (tertiary/aromatic N) is 2. The molecule has 118 valence electrons. The van der Waals surface area contributed by atoms with Crippen molar-refractivity contribution in [2.75, 3.05) is 5.73 Å². The summed E-state index contributed by atoms with van der Waals surface area (Å²) >= 11 is 6.01. The van der Waals surface area contributed by atoms with Crippen LogP contribution in [0.3, 0.4) is 0 Å². The van der Waals surface area contributed by atoms with E-state index in [0.717, 1.165) is 36.1 Å². The molecule has 0 saturated carbocycles. The number of anilines is 1. The van der Waals surface area contributed by atoms with Crippen molar-refractivity contribution in [3.05, 3.63) is 46.1 Å². The van der Waals surface area contributed by atoms with Crippen molar-refractivity contribution < 1.29 is 0 Å². The Morgan fingerprint density at radius 2 is 2.09 bits per heavy atom. The zero-order valence-electron chi connectivity index (χ0n) is 13.3. The SMILES string of the molecule is CCCC1CCc2nc(N)c(C#N)c(-c3ccc(Cl)cc3)c2C1. The molecule has 1 aliphatic carbocycles. The Morgan fingerprint density at radius 3 is 2.74 bits per heavy atom. The van der Waals surface area contributed by atoms with Gasteiger partial charge in [0.1, 0.15) is 17.5 Å². The van der Waals surface area contributed by atoms with E-state index in [1.54, 1.807) is 0 Å². The normalized spacial score (nSPS) is 16.7. The summed E-state index contributed by atoms with van der Waals surface area (Å²) in [6, 6.07) is 9.88. The van der Waals surface area contributed by atoms with Gasteiger partial charge in [-0.1, -0.05) is 43.5 Å². The van der Waals surface area contributed by atoms with Gasteiger partial charge in [0.2, 0.25) is 0 Å². The Balaban J connectivity index is 2.18. The van der Waals surface area contributed by atoms with Crippen LogP contribution in [0.4, 0.5) is 5.82 Å². The highest BCUT2D eigenvalue weighted by molar-refractivity contribution is 6.30. The summed E-state index contributed by atoms with van der Waals surface area (Å²) < 4.78 is 0. The summed E-state index contributed by atoms with van der Waals surface area (Å²) in [7, 11) is 0. The van der Waals surface area contributed by atoms with E-state index in [4.69, 9.17) is 17.3 Å². The van der Waals surface area contributed by atoms with Crippen molar-refractivity contribution in [3.8, 4) is 17.2 Å². The Kier molecular flexibility index (Phi) is 4.54. The van der Waals surface area contributed by atoms with E-state index >= 15 is 0 Å². The van der Waals surface area contributed by atoms with Gasteiger partial charge in [0.15, 0.2) is 0 Å². The topological polar surface area (TPSA) is 62.7 Å². The summed E-state index contributed by atoms with van der Waals surface area (Å²) in [6.07, 6.45) is 5.47. The molecule has 0 spiro atoms. The fourth-order valence-electron chi connectivity index (χ4n) is 3.55. The standard InChI is InChI=1S/C19H20ClN3/c1-2-3-12-4-9-17-15(10-12)18(16(11-21)19(22)23-17)13-5-7-14(20)8-6-13/h5-8,12H,2-4,9-10H2,1H3,(H2,22,23). The maximum absolute atomic E-state index is 9.59. The van der Waals surface area contributed by atoms with Crippen molar-refractivity contribution >= 4 is 17.4 Å². The van der Waals surface area contributed by atoms with Gasteiger partial charge in [-0.25, -0.2) is 4.98 Å². The summed E-state index contributed by atoms with van der Waals surface area (Å²) in [5, 5.41) is 10.3. The van der Waals surface area contributed by atoms with E-state index in [1.165, 1.54) is 18.4 Å². The predicted octanol–water partition coefficient (Wildman–Crippen LogP) is 4.76. The van der Waals surface area contributed by atoms with Gasteiger partial charge < -0.3 is 5.73 Å². The van der Waals surface area contributed by atoms with E-state index in [1.807, 2.05) is 24.3 Å². The maximum Gasteiger partial charge on any atom is 0.142 e. The number of fused-ring (bicyclic) bond motifs is 1. The van der Waals surface area contributed by atoms with Crippen LogP contribution in [0.15, 0.2) is 24.3 Å². The lowest BCUT2D eigenvalue weighted by atomic mass is 9.79. The molecule has 2 N–H and O–H groups in total. The van der Waals surface area contributed by atoms with Crippen molar-refractivity contribution in [3.63, 3.8) is 0 Å². The highest BCUT2D eigenvalue weighted by Gasteiger charge is 2.26. The minimum absolute atomic E-state index is 0.338. The number of halogens is 1. The van der Waals surface area contributed by atoms with E-state index in [2.05, 4.69) is 18.0 Å². The molecule has 0 radical (unpaired) electrons. The van der Waals surface area contributed by atoms with Gasteiger partial charge in [0.25, 0.3) is 0 Å². The first-order chi connectivity index (χ1) is 11.1. The fraction of sp³-hybridized carbons (Fsp3) is 0.368. The molecule has 1 unspecified atom stereocenters. The van der Waals surface area contributed by atoms with Gasteiger partial charge in [0, 0.05) is 16.3 Å². The Labute approximate surface area is 142 Å². The highest BCUT2D eigenvalue weighted by atomic mass is 35.5. The van der Waals surface area contributed by atoms with E-state index in [9.17, 15) is 5.26 Å². The molecular formula is C19H20ClN3. The minimum Gasteiger partial charge on any atom is -0.383 e. The number of nitrogens with two attached hydrogens (primary N) is 1. The molecule has 0 amide bonds. The van der Waals surface area contributed by atoms with E-state index < -0.39 is 0 Å². The number of rotatable bonds is 3. The molecule has 0 fully saturated rings. The Hall–Kier alpha value is -2.05. The fourth-order valence-corrected chi connectivity index (χ4v) is 3.68. The monoisotopic (exact) mass is 325 g/mol. The largest absolute Gasteiger partial charge is 0.383 e. The number of aromatic nitrogens is 1. The number of pyridine rings is 1. The average Bonchev–Trinajstić information content (AvgIpc) is 2.55. The van der Waals surface area contributed by atoms with Crippen LogP contribution in [0.1, 0.15) is 43.0 Å².